The molecule has 0 rings (SSSR count). The zero-order chi connectivity index (χ0) is 16.6. The summed E-state index contributed by atoms with van der Waals surface area (Å²) in [5, 5.41) is 16.5. The van der Waals surface area contributed by atoms with Gasteiger partial charge in [0.15, 0.2) is 12.5 Å². The van der Waals surface area contributed by atoms with E-state index >= 15 is 0 Å². The van der Waals surface area contributed by atoms with Crippen molar-refractivity contribution in [1.29, 1.82) is 0 Å². The Balaban J connectivity index is -0.0000000726. The highest BCUT2D eigenvalue weighted by atomic mass is 32.2. The third-order valence-electron chi connectivity index (χ3n) is 1.90. The van der Waals surface area contributed by atoms with Crippen LogP contribution in [0.2, 0.25) is 0 Å². The van der Waals surface area contributed by atoms with Crippen molar-refractivity contribution in [2.45, 2.75) is 24.9 Å². The summed E-state index contributed by atoms with van der Waals surface area (Å²) in [6.45, 7) is 0. The topological polar surface area (TPSA) is 214 Å². The molecular formula is C10H28N4O5S3. The zero-order valence-electron chi connectivity index (χ0n) is 12.9. The fourth-order valence-electron chi connectivity index (χ4n) is 0.737. The van der Waals surface area contributed by atoms with Crippen LogP contribution in [0.25, 0.3) is 0 Å². The fourth-order valence-corrected chi connectivity index (χ4v) is 1.72. The van der Waals surface area contributed by atoms with Crippen molar-refractivity contribution in [2.24, 2.45) is 11.5 Å². The number of carboxylic acids is 2. The van der Waals surface area contributed by atoms with Gasteiger partial charge in [-0.05, 0) is 36.9 Å². The molecule has 0 unspecified atom stereocenters. The highest BCUT2D eigenvalue weighted by molar-refractivity contribution is 7.98. The predicted molar refractivity (Wildman–Crippen MR) is 95.4 cm³/mol. The second kappa shape index (κ2) is 25.5. The monoisotopic (exact) mass is 380 g/mol. The van der Waals surface area contributed by atoms with Gasteiger partial charge in [-0.3, -0.25) is 9.59 Å². The van der Waals surface area contributed by atoms with E-state index in [-0.39, 0.29) is 12.3 Å². The molecule has 12 N–H and O–H groups in total. The van der Waals surface area contributed by atoms with Crippen LogP contribution in [0.1, 0.15) is 12.8 Å². The maximum Gasteiger partial charge on any atom is 0.320 e. The van der Waals surface area contributed by atoms with Gasteiger partial charge in [0, 0.05) is 0 Å². The first-order valence-corrected chi connectivity index (χ1v) is 8.60. The maximum absolute atomic E-state index is 10.1. The molecule has 0 bridgehead atoms. The van der Waals surface area contributed by atoms with Crippen LogP contribution in [-0.2, 0) is 22.1 Å². The van der Waals surface area contributed by atoms with Crippen LogP contribution in [0.3, 0.4) is 0 Å². The standard InChI is InChI=1S/2C5H11NO2S.2H3N.OS/c2*1-9-3-2-4(6)5(7)8;;;1-2/h2*4H,2-3,6H2,1H3,(H,7,8);2*1H3;/t2*4-;;;/m00.../s1. The van der Waals surface area contributed by atoms with E-state index in [2.05, 4.69) is 12.5 Å². The molecule has 12 heteroatoms. The highest BCUT2D eigenvalue weighted by Gasteiger charge is 2.09. The summed E-state index contributed by atoms with van der Waals surface area (Å²) >= 11 is 6.04. The third-order valence-corrected chi connectivity index (χ3v) is 3.19. The quantitative estimate of drug-likeness (QED) is 0.335. The molecule has 136 valence electrons. The first-order chi connectivity index (χ1) is 9.36. The molecule has 0 aromatic rings. The Labute approximate surface area is 145 Å². The van der Waals surface area contributed by atoms with Crippen LogP contribution in [0, 0.1) is 0 Å². The van der Waals surface area contributed by atoms with Crippen molar-refractivity contribution in [2.75, 3.05) is 24.0 Å². The Morgan fingerprint density at radius 2 is 1.14 bits per heavy atom. The van der Waals surface area contributed by atoms with Crippen molar-refractivity contribution >= 4 is 48.0 Å². The van der Waals surface area contributed by atoms with Gasteiger partial charge in [-0.15, -0.1) is 0 Å². The summed E-state index contributed by atoms with van der Waals surface area (Å²) in [5.41, 5.74) is 10.4. The van der Waals surface area contributed by atoms with Crippen molar-refractivity contribution in [3.8, 4) is 0 Å². The molecule has 0 radical (unpaired) electrons. The first-order valence-electron chi connectivity index (χ1n) is 5.48. The average Bonchev–Trinajstić information content (AvgIpc) is 2.44. The largest absolute Gasteiger partial charge is 0.480 e. The molecule has 0 aromatic carbocycles. The van der Waals surface area contributed by atoms with Gasteiger partial charge in [0.05, 0.1) is 0 Å². The molecule has 0 saturated heterocycles. The summed E-state index contributed by atoms with van der Waals surface area (Å²) < 4.78 is 7.83. The average molecular weight is 381 g/mol. The molecule has 0 fully saturated rings. The van der Waals surface area contributed by atoms with Crippen molar-refractivity contribution in [1.82, 2.24) is 12.3 Å². The van der Waals surface area contributed by atoms with Gasteiger partial charge in [0.2, 0.25) is 0 Å². The van der Waals surface area contributed by atoms with E-state index in [1.807, 2.05) is 12.5 Å². The molecule has 0 aliphatic rings. The Morgan fingerprint density at radius 1 is 0.909 bits per heavy atom. The van der Waals surface area contributed by atoms with Crippen LogP contribution in [0.5, 0.6) is 0 Å². The van der Waals surface area contributed by atoms with Crippen LogP contribution in [0.15, 0.2) is 0 Å². The smallest absolute Gasteiger partial charge is 0.320 e. The SMILES string of the molecule is CSCC[C@H](N)C(=O)O.CSCC[C@H](N)C(=O)O.N.N.O=S. The molecule has 22 heavy (non-hydrogen) atoms. The molecule has 9 nitrogen and oxygen atoms in total. The molecule has 0 aliphatic carbocycles. The minimum atomic E-state index is -0.913. The van der Waals surface area contributed by atoms with E-state index in [0.717, 1.165) is 11.5 Å². The summed E-state index contributed by atoms with van der Waals surface area (Å²) in [6.07, 6.45) is 4.95. The number of nitrogens with two attached hydrogens (primary N) is 2. The summed E-state index contributed by atoms with van der Waals surface area (Å²) in [5.74, 6) is -0.200. The zero-order valence-corrected chi connectivity index (χ0v) is 15.3. The van der Waals surface area contributed by atoms with E-state index in [9.17, 15) is 9.59 Å². The van der Waals surface area contributed by atoms with Gasteiger partial charge < -0.3 is 34.0 Å². The van der Waals surface area contributed by atoms with E-state index in [0.29, 0.717) is 12.8 Å². The molecule has 0 saturated carbocycles. The summed E-state index contributed by atoms with van der Waals surface area (Å²) in [6, 6.07) is -1.37. The predicted octanol–water partition coefficient (Wildman–Crippen LogP) is 0.291. The second-order valence-corrected chi connectivity index (χ2v) is 5.42. The minimum absolute atomic E-state index is 0. The number of rotatable bonds is 8. The fraction of sp³-hybridized carbons (Fsp3) is 0.800. The van der Waals surface area contributed by atoms with Gasteiger partial charge in [-0.1, -0.05) is 0 Å². The van der Waals surface area contributed by atoms with Gasteiger partial charge in [0.25, 0.3) is 0 Å². The Bertz CT molecular complexity index is 241. The van der Waals surface area contributed by atoms with Crippen molar-refractivity contribution in [3.05, 3.63) is 0 Å². The van der Waals surface area contributed by atoms with Crippen LogP contribution >= 0.6 is 23.5 Å². The molecule has 0 aliphatic heterocycles. The van der Waals surface area contributed by atoms with E-state index in [1.54, 1.807) is 23.5 Å². The lowest BCUT2D eigenvalue weighted by Gasteiger charge is -2.02. The molecule has 0 aromatic heterocycles. The number of hydrogen-bond acceptors (Lipinski definition) is 10. The van der Waals surface area contributed by atoms with Crippen LogP contribution < -0.4 is 23.8 Å². The van der Waals surface area contributed by atoms with Gasteiger partial charge >= 0.3 is 11.9 Å². The Morgan fingerprint density at radius 3 is 1.27 bits per heavy atom. The maximum atomic E-state index is 10.1. The molecule has 2 atom stereocenters. The van der Waals surface area contributed by atoms with E-state index < -0.39 is 24.0 Å². The molecular weight excluding hydrogens is 352 g/mol. The lowest BCUT2D eigenvalue weighted by Crippen LogP contribution is -2.30. The minimum Gasteiger partial charge on any atom is -0.480 e. The number of hydrogen-bond donors (Lipinski definition) is 6. The van der Waals surface area contributed by atoms with Crippen molar-refractivity contribution in [3.63, 3.8) is 0 Å². The lowest BCUT2D eigenvalue weighted by molar-refractivity contribution is -0.139. The molecule has 0 heterocycles. The molecule has 0 spiro atoms. The first kappa shape index (κ1) is 33.2. The van der Waals surface area contributed by atoms with Crippen LogP contribution in [-0.4, -0.2) is 62.5 Å². The Hall–Kier alpha value is -0.500. The lowest BCUT2D eigenvalue weighted by atomic mass is 10.2. The van der Waals surface area contributed by atoms with Crippen LogP contribution in [0.4, 0.5) is 0 Å². The summed E-state index contributed by atoms with van der Waals surface area (Å²) in [7, 11) is 0. The number of aliphatic carboxylic acids is 2. The third kappa shape index (κ3) is 27.8. The second-order valence-electron chi connectivity index (χ2n) is 3.45. The Kier molecular flexibility index (Phi) is 38.4. The van der Waals surface area contributed by atoms with Gasteiger partial charge in [-0.25, -0.2) is 0 Å². The van der Waals surface area contributed by atoms with Gasteiger partial charge in [0.1, 0.15) is 12.1 Å². The number of carbonyl (C=O) groups is 2. The van der Waals surface area contributed by atoms with E-state index in [1.165, 1.54) is 0 Å². The number of thioether (sulfide) groups is 2. The van der Waals surface area contributed by atoms with Crippen molar-refractivity contribution < 1.29 is 24.0 Å². The van der Waals surface area contributed by atoms with Gasteiger partial charge in [-0.2, -0.15) is 27.7 Å². The molecule has 0 amide bonds. The number of carboxylic acid groups (broad SMARTS) is 2. The normalized spacial score (nSPS) is 10.9. The van der Waals surface area contributed by atoms with E-state index in [4.69, 9.17) is 25.9 Å². The summed E-state index contributed by atoms with van der Waals surface area (Å²) in [4.78, 5) is 20.1. The highest BCUT2D eigenvalue weighted by Crippen LogP contribution is 1.98.